The highest BCUT2D eigenvalue weighted by atomic mass is 16.2. The summed E-state index contributed by atoms with van der Waals surface area (Å²) in [7, 11) is 0. The number of nitrogens with one attached hydrogen (secondary N) is 1. The number of ketones is 1. The summed E-state index contributed by atoms with van der Waals surface area (Å²) >= 11 is 0. The first-order valence-electron chi connectivity index (χ1n) is 12.9. The van der Waals surface area contributed by atoms with E-state index in [1.54, 1.807) is 23.2 Å². The van der Waals surface area contributed by atoms with Gasteiger partial charge in [0, 0.05) is 25.7 Å². The molecule has 3 heterocycles. The average Bonchev–Trinajstić information content (AvgIpc) is 3.32. The molecular weight excluding hydrogens is 430 g/mol. The van der Waals surface area contributed by atoms with E-state index in [9.17, 15) is 14.4 Å². The van der Waals surface area contributed by atoms with E-state index >= 15 is 0 Å². The lowest BCUT2D eigenvalue weighted by atomic mass is 9.59. The number of pyridine rings is 1. The van der Waals surface area contributed by atoms with Crippen LogP contribution in [0.1, 0.15) is 75.2 Å². The van der Waals surface area contributed by atoms with Gasteiger partial charge in [0.05, 0.1) is 5.39 Å². The minimum absolute atomic E-state index is 0.0154. The van der Waals surface area contributed by atoms with Gasteiger partial charge in [-0.2, -0.15) is 5.10 Å². The highest BCUT2D eigenvalue weighted by molar-refractivity contribution is 6.04. The second-order valence-corrected chi connectivity index (χ2v) is 11.1. The van der Waals surface area contributed by atoms with Crippen molar-refractivity contribution in [2.24, 2.45) is 17.3 Å². The molecule has 6 rings (SSSR count). The molecule has 0 aromatic carbocycles. The van der Waals surface area contributed by atoms with Crippen LogP contribution in [0.25, 0.3) is 11.0 Å². The van der Waals surface area contributed by atoms with Gasteiger partial charge in [-0.3, -0.25) is 14.4 Å². The monoisotopic (exact) mass is 463 g/mol. The summed E-state index contributed by atoms with van der Waals surface area (Å²) in [6.07, 6.45) is 12.5. The van der Waals surface area contributed by atoms with E-state index < -0.39 is 6.04 Å². The van der Waals surface area contributed by atoms with Crippen molar-refractivity contribution in [3.8, 4) is 0 Å². The van der Waals surface area contributed by atoms with E-state index in [1.165, 1.54) is 56.6 Å². The van der Waals surface area contributed by atoms with Crippen LogP contribution in [0.4, 0.5) is 0 Å². The van der Waals surface area contributed by atoms with E-state index in [1.807, 2.05) is 0 Å². The van der Waals surface area contributed by atoms with Crippen LogP contribution in [-0.2, 0) is 16.1 Å². The minimum atomic E-state index is -0.403. The maximum atomic E-state index is 13.4. The Hall–Kier alpha value is -2.77. The van der Waals surface area contributed by atoms with E-state index in [0.717, 1.165) is 19.4 Å². The van der Waals surface area contributed by atoms with Crippen molar-refractivity contribution in [3.63, 3.8) is 0 Å². The molecule has 8 nitrogen and oxygen atoms in total. The largest absolute Gasteiger partial charge is 0.354 e. The number of fused-ring (bicyclic) bond motifs is 2. The molecule has 0 bridgehead atoms. The van der Waals surface area contributed by atoms with Crippen molar-refractivity contribution >= 4 is 28.6 Å². The molecule has 1 aliphatic heterocycles. The number of piperidine rings is 1. The van der Waals surface area contributed by atoms with Crippen LogP contribution in [0.15, 0.2) is 18.3 Å². The number of carbonyl (C=O) groups excluding carboxylic acids is 3. The van der Waals surface area contributed by atoms with Gasteiger partial charge in [-0.05, 0) is 80.8 Å². The Morgan fingerprint density at radius 1 is 1.15 bits per heavy atom. The number of likely N-dealkylation sites (tertiary alicyclic amines) is 1. The van der Waals surface area contributed by atoms with Crippen molar-refractivity contribution in [2.45, 2.75) is 83.3 Å². The van der Waals surface area contributed by atoms with Gasteiger partial charge in [-0.1, -0.05) is 6.42 Å². The molecule has 3 atom stereocenters. The third-order valence-corrected chi connectivity index (χ3v) is 8.97. The minimum Gasteiger partial charge on any atom is -0.354 e. The number of nitrogens with zero attached hydrogens (tertiary/aromatic N) is 4. The van der Waals surface area contributed by atoms with Gasteiger partial charge >= 0.3 is 0 Å². The predicted molar refractivity (Wildman–Crippen MR) is 126 cm³/mol. The molecule has 0 unspecified atom stereocenters. The van der Waals surface area contributed by atoms with Gasteiger partial charge in [-0.15, -0.1) is 0 Å². The van der Waals surface area contributed by atoms with Gasteiger partial charge < -0.3 is 10.2 Å². The van der Waals surface area contributed by atoms with Gasteiger partial charge in [0.2, 0.25) is 11.8 Å². The Morgan fingerprint density at radius 3 is 2.65 bits per heavy atom. The fourth-order valence-electron chi connectivity index (χ4n) is 6.67. The summed E-state index contributed by atoms with van der Waals surface area (Å²) in [5.74, 6) is 0.683. The zero-order chi connectivity index (χ0) is 23.4. The standard InChI is InChI=1S/C26H33N5O3/c1-16(32)23-19-4-2-11-27-24(19)30(29-23)15-22(33)31-20-12-18(20)13-21(31)25(34)28-14-17-5-9-26(10-6-17)7-3-8-26/h2,4,11,17-18,20-21H,3,5-10,12-15H2,1H3,(H,28,34)/t18-,20-,21+/m1/s1. The molecule has 2 aromatic heterocycles. The summed E-state index contributed by atoms with van der Waals surface area (Å²) in [5.41, 5.74) is 1.48. The van der Waals surface area contributed by atoms with Crippen molar-refractivity contribution in [2.75, 3.05) is 6.54 Å². The van der Waals surface area contributed by atoms with Crippen molar-refractivity contribution in [1.82, 2.24) is 25.0 Å². The van der Waals surface area contributed by atoms with Gasteiger partial charge in [0.25, 0.3) is 0 Å². The fraction of sp³-hybridized carbons (Fsp3) is 0.654. The van der Waals surface area contributed by atoms with Crippen LogP contribution >= 0.6 is 0 Å². The molecule has 3 saturated carbocycles. The van der Waals surface area contributed by atoms with Crippen molar-refractivity contribution in [3.05, 3.63) is 24.0 Å². The molecule has 2 aromatic rings. The van der Waals surface area contributed by atoms with E-state index in [-0.39, 0.29) is 30.2 Å². The normalized spacial score (nSPS) is 27.4. The quantitative estimate of drug-likeness (QED) is 0.664. The first-order chi connectivity index (χ1) is 16.4. The van der Waals surface area contributed by atoms with E-state index in [2.05, 4.69) is 15.4 Å². The average molecular weight is 464 g/mol. The van der Waals surface area contributed by atoms with Crippen LogP contribution < -0.4 is 5.32 Å². The molecule has 8 heteroatoms. The zero-order valence-electron chi connectivity index (χ0n) is 19.8. The summed E-state index contributed by atoms with van der Waals surface area (Å²) in [5, 5.41) is 8.22. The second-order valence-electron chi connectivity index (χ2n) is 11.1. The maximum Gasteiger partial charge on any atom is 0.245 e. The lowest BCUT2D eigenvalue weighted by molar-refractivity contribution is -0.140. The van der Waals surface area contributed by atoms with E-state index in [0.29, 0.717) is 34.0 Å². The number of hydrogen-bond donors (Lipinski definition) is 1. The van der Waals surface area contributed by atoms with Crippen LogP contribution in [-0.4, -0.2) is 55.9 Å². The lowest BCUT2D eigenvalue weighted by Gasteiger charge is -2.47. The summed E-state index contributed by atoms with van der Waals surface area (Å²) in [6, 6.07) is 3.31. The Morgan fingerprint density at radius 2 is 1.94 bits per heavy atom. The van der Waals surface area contributed by atoms with Gasteiger partial charge in [-0.25, -0.2) is 9.67 Å². The summed E-state index contributed by atoms with van der Waals surface area (Å²) in [4.78, 5) is 44.7. The molecule has 1 spiro atoms. The van der Waals surface area contributed by atoms with Crippen LogP contribution in [0, 0.1) is 17.3 Å². The molecule has 1 saturated heterocycles. The van der Waals surface area contributed by atoms with Crippen LogP contribution in [0.5, 0.6) is 0 Å². The Bertz CT molecular complexity index is 1140. The molecule has 4 aliphatic rings. The molecule has 4 fully saturated rings. The lowest BCUT2D eigenvalue weighted by Crippen LogP contribution is -2.50. The third-order valence-electron chi connectivity index (χ3n) is 8.97. The smallest absolute Gasteiger partial charge is 0.245 e. The third kappa shape index (κ3) is 3.71. The molecule has 34 heavy (non-hydrogen) atoms. The molecule has 1 N–H and O–H groups in total. The summed E-state index contributed by atoms with van der Waals surface area (Å²) in [6.45, 7) is 2.17. The summed E-state index contributed by atoms with van der Waals surface area (Å²) < 4.78 is 1.51. The molecule has 0 radical (unpaired) electrons. The Balaban J connectivity index is 1.11. The molecule has 2 amide bonds. The Kier molecular flexibility index (Phi) is 5.22. The highest BCUT2D eigenvalue weighted by Crippen LogP contribution is 2.52. The fourth-order valence-corrected chi connectivity index (χ4v) is 6.67. The number of Topliss-reactive ketones (excluding diaryl/α,β-unsaturated/α-hetero) is 1. The number of rotatable bonds is 6. The van der Waals surface area contributed by atoms with E-state index in [4.69, 9.17) is 0 Å². The van der Waals surface area contributed by atoms with Crippen LogP contribution in [0.3, 0.4) is 0 Å². The molecule has 3 aliphatic carbocycles. The van der Waals surface area contributed by atoms with Crippen molar-refractivity contribution in [1.29, 1.82) is 0 Å². The van der Waals surface area contributed by atoms with Crippen molar-refractivity contribution < 1.29 is 14.4 Å². The van der Waals surface area contributed by atoms with Crippen LogP contribution in [0.2, 0.25) is 0 Å². The molecular formula is C26H33N5O3. The second kappa shape index (κ2) is 8.17. The first-order valence-corrected chi connectivity index (χ1v) is 12.9. The number of carbonyl (C=O) groups is 3. The zero-order valence-corrected chi connectivity index (χ0v) is 19.8. The first kappa shape index (κ1) is 21.7. The number of hydrogen-bond acceptors (Lipinski definition) is 5. The number of aromatic nitrogens is 3. The topological polar surface area (TPSA) is 97.2 Å². The van der Waals surface area contributed by atoms with Gasteiger partial charge in [0.15, 0.2) is 11.4 Å². The number of amides is 2. The Labute approximate surface area is 199 Å². The molecule has 180 valence electrons. The SMILES string of the molecule is CC(=O)c1nn(CC(=O)N2[C@@H]3C[C@@H]3C[C@H]2C(=O)NCC2CCC3(CCC3)CC2)c2ncccc12. The maximum absolute atomic E-state index is 13.4. The van der Waals surface area contributed by atoms with Gasteiger partial charge in [0.1, 0.15) is 18.3 Å². The predicted octanol–water partition coefficient (Wildman–Crippen LogP) is 3.10. The highest BCUT2D eigenvalue weighted by Gasteiger charge is 2.56.